The fourth-order valence-electron chi connectivity index (χ4n) is 1.90. The largest absolute Gasteiger partial charge is 0.336 e. The number of aryl methyl sites for hydroxylation is 2. The van der Waals surface area contributed by atoms with E-state index in [1.807, 2.05) is 16.7 Å². The van der Waals surface area contributed by atoms with Crippen LogP contribution in [0.1, 0.15) is 27.0 Å². The van der Waals surface area contributed by atoms with E-state index >= 15 is 0 Å². The second-order valence-corrected chi connectivity index (χ2v) is 6.43. The normalized spacial score (nSPS) is 16.5. The van der Waals surface area contributed by atoms with Crippen molar-refractivity contribution >= 4 is 29.0 Å². The van der Waals surface area contributed by atoms with Gasteiger partial charge in [-0.1, -0.05) is 6.92 Å². The summed E-state index contributed by atoms with van der Waals surface area (Å²) in [4.78, 5) is 16.4. The van der Waals surface area contributed by atoms with E-state index in [1.165, 1.54) is 10.4 Å². The van der Waals surface area contributed by atoms with E-state index < -0.39 is 0 Å². The van der Waals surface area contributed by atoms with Gasteiger partial charge in [-0.2, -0.15) is 11.8 Å². The molecule has 2 nitrogen and oxygen atoms in total. The molecule has 1 aliphatic rings. The molecular formula is C12H17NOS2. The number of thioether (sulfide) groups is 1. The number of hydrogen-bond acceptors (Lipinski definition) is 3. The third kappa shape index (κ3) is 2.43. The summed E-state index contributed by atoms with van der Waals surface area (Å²) in [5, 5.41) is 0. The van der Waals surface area contributed by atoms with Gasteiger partial charge in [0.25, 0.3) is 5.91 Å². The van der Waals surface area contributed by atoms with Gasteiger partial charge in [0.05, 0.1) is 4.88 Å². The molecule has 0 atom stereocenters. The number of carbonyl (C=O) groups is 1. The number of hydrogen-bond donors (Lipinski definition) is 0. The first kappa shape index (κ1) is 12.0. The number of carbonyl (C=O) groups excluding carboxylic acids is 1. The Balaban J connectivity index is 2.13. The molecule has 0 aromatic carbocycles. The van der Waals surface area contributed by atoms with Crippen LogP contribution in [-0.2, 0) is 6.42 Å². The smallest absolute Gasteiger partial charge is 0.263 e. The van der Waals surface area contributed by atoms with Crippen molar-refractivity contribution < 1.29 is 4.79 Å². The van der Waals surface area contributed by atoms with Crippen molar-refractivity contribution in [1.29, 1.82) is 0 Å². The van der Waals surface area contributed by atoms with Crippen LogP contribution in [0.5, 0.6) is 0 Å². The number of amides is 1. The number of rotatable bonds is 2. The van der Waals surface area contributed by atoms with E-state index in [0.29, 0.717) is 0 Å². The van der Waals surface area contributed by atoms with Crippen LogP contribution in [0.25, 0.3) is 0 Å². The maximum absolute atomic E-state index is 12.2. The average molecular weight is 255 g/mol. The molecule has 0 saturated carbocycles. The summed E-state index contributed by atoms with van der Waals surface area (Å²) in [7, 11) is 0. The molecule has 1 saturated heterocycles. The first-order valence-electron chi connectivity index (χ1n) is 5.68. The van der Waals surface area contributed by atoms with Crippen molar-refractivity contribution in [1.82, 2.24) is 4.90 Å². The molecule has 0 N–H and O–H groups in total. The molecule has 2 heterocycles. The standard InChI is InChI=1S/C12H17NOS2/c1-3-10-8-11(16-9(10)2)12(14)13-4-6-15-7-5-13/h8H,3-7H2,1-2H3. The minimum Gasteiger partial charge on any atom is -0.336 e. The van der Waals surface area contributed by atoms with Crippen molar-refractivity contribution in [3.8, 4) is 0 Å². The minimum absolute atomic E-state index is 0.230. The SMILES string of the molecule is CCc1cc(C(=O)N2CCSCC2)sc1C. The zero-order valence-corrected chi connectivity index (χ0v) is 11.4. The molecule has 1 aromatic rings. The Morgan fingerprint density at radius 1 is 1.44 bits per heavy atom. The molecule has 1 fully saturated rings. The van der Waals surface area contributed by atoms with Gasteiger partial charge >= 0.3 is 0 Å². The topological polar surface area (TPSA) is 20.3 Å². The Morgan fingerprint density at radius 2 is 2.12 bits per heavy atom. The molecule has 1 aromatic heterocycles. The van der Waals surface area contributed by atoms with Crippen LogP contribution in [0, 0.1) is 6.92 Å². The van der Waals surface area contributed by atoms with Gasteiger partial charge < -0.3 is 4.90 Å². The Bertz CT molecular complexity index is 380. The molecular weight excluding hydrogens is 238 g/mol. The summed E-state index contributed by atoms with van der Waals surface area (Å²) in [5.41, 5.74) is 1.32. The molecule has 0 spiro atoms. The molecule has 0 radical (unpaired) electrons. The molecule has 1 amide bonds. The highest BCUT2D eigenvalue weighted by Crippen LogP contribution is 2.24. The van der Waals surface area contributed by atoms with E-state index in [4.69, 9.17) is 0 Å². The molecule has 1 aliphatic heterocycles. The van der Waals surface area contributed by atoms with Crippen molar-refractivity contribution in [2.24, 2.45) is 0 Å². The second-order valence-electron chi connectivity index (χ2n) is 3.95. The Morgan fingerprint density at radius 3 is 2.69 bits per heavy atom. The van der Waals surface area contributed by atoms with Crippen LogP contribution < -0.4 is 0 Å². The molecule has 0 unspecified atom stereocenters. The van der Waals surface area contributed by atoms with Crippen molar-refractivity contribution in [2.45, 2.75) is 20.3 Å². The van der Waals surface area contributed by atoms with Crippen LogP contribution >= 0.6 is 23.1 Å². The Kier molecular flexibility index (Phi) is 3.92. The van der Waals surface area contributed by atoms with Crippen LogP contribution in [-0.4, -0.2) is 35.4 Å². The predicted molar refractivity (Wildman–Crippen MR) is 71.7 cm³/mol. The highest BCUT2D eigenvalue weighted by atomic mass is 32.2. The summed E-state index contributed by atoms with van der Waals surface area (Å²) >= 11 is 3.58. The Labute approximate surface area is 105 Å². The fraction of sp³-hybridized carbons (Fsp3) is 0.583. The van der Waals surface area contributed by atoms with Crippen LogP contribution in [0.2, 0.25) is 0 Å². The zero-order valence-electron chi connectivity index (χ0n) is 9.78. The lowest BCUT2D eigenvalue weighted by atomic mass is 10.2. The van der Waals surface area contributed by atoms with Gasteiger partial charge in [-0.05, 0) is 25.0 Å². The molecule has 0 aliphatic carbocycles. The zero-order chi connectivity index (χ0) is 11.5. The predicted octanol–water partition coefficient (Wildman–Crippen LogP) is 2.81. The van der Waals surface area contributed by atoms with Crippen molar-refractivity contribution in [3.05, 3.63) is 21.4 Å². The van der Waals surface area contributed by atoms with Gasteiger partial charge in [0.1, 0.15) is 0 Å². The van der Waals surface area contributed by atoms with Crippen LogP contribution in [0.4, 0.5) is 0 Å². The Hall–Kier alpha value is -0.480. The lowest BCUT2D eigenvalue weighted by Crippen LogP contribution is -2.37. The molecule has 0 bridgehead atoms. The summed E-state index contributed by atoms with van der Waals surface area (Å²) in [6.07, 6.45) is 1.02. The van der Waals surface area contributed by atoms with E-state index in [9.17, 15) is 4.79 Å². The monoisotopic (exact) mass is 255 g/mol. The lowest BCUT2D eigenvalue weighted by Gasteiger charge is -2.25. The van der Waals surface area contributed by atoms with E-state index in [0.717, 1.165) is 35.9 Å². The minimum atomic E-state index is 0.230. The highest BCUT2D eigenvalue weighted by Gasteiger charge is 2.20. The maximum atomic E-state index is 12.2. The molecule has 88 valence electrons. The summed E-state index contributed by atoms with van der Waals surface area (Å²) in [6.45, 7) is 6.05. The van der Waals surface area contributed by atoms with Gasteiger partial charge in [-0.15, -0.1) is 11.3 Å². The van der Waals surface area contributed by atoms with E-state index in [-0.39, 0.29) is 5.91 Å². The number of nitrogens with zero attached hydrogens (tertiary/aromatic N) is 1. The van der Waals surface area contributed by atoms with Gasteiger partial charge in [-0.25, -0.2) is 0 Å². The number of thiophene rings is 1. The average Bonchev–Trinajstić information content (AvgIpc) is 2.71. The maximum Gasteiger partial charge on any atom is 0.263 e. The van der Waals surface area contributed by atoms with Gasteiger partial charge in [0, 0.05) is 29.5 Å². The first-order valence-corrected chi connectivity index (χ1v) is 7.65. The summed E-state index contributed by atoms with van der Waals surface area (Å²) < 4.78 is 0. The van der Waals surface area contributed by atoms with Gasteiger partial charge in [0.2, 0.25) is 0 Å². The van der Waals surface area contributed by atoms with Gasteiger partial charge in [0.15, 0.2) is 0 Å². The summed E-state index contributed by atoms with van der Waals surface area (Å²) in [5.74, 6) is 2.39. The van der Waals surface area contributed by atoms with Gasteiger partial charge in [-0.3, -0.25) is 4.79 Å². The molecule has 2 rings (SSSR count). The summed E-state index contributed by atoms with van der Waals surface area (Å²) in [6, 6.07) is 2.07. The fourth-order valence-corrected chi connectivity index (χ4v) is 3.88. The molecule has 4 heteroatoms. The lowest BCUT2D eigenvalue weighted by molar-refractivity contribution is 0.0777. The van der Waals surface area contributed by atoms with Crippen molar-refractivity contribution in [3.63, 3.8) is 0 Å². The quantitative estimate of drug-likeness (QED) is 0.810. The van der Waals surface area contributed by atoms with Crippen LogP contribution in [0.15, 0.2) is 6.07 Å². The highest BCUT2D eigenvalue weighted by molar-refractivity contribution is 7.99. The third-order valence-electron chi connectivity index (χ3n) is 2.91. The first-order chi connectivity index (χ1) is 7.72. The third-order valence-corrected chi connectivity index (χ3v) is 4.93. The van der Waals surface area contributed by atoms with Crippen LogP contribution in [0.3, 0.4) is 0 Å². The van der Waals surface area contributed by atoms with E-state index in [2.05, 4.69) is 19.9 Å². The van der Waals surface area contributed by atoms with Crippen molar-refractivity contribution in [2.75, 3.05) is 24.6 Å². The molecule has 16 heavy (non-hydrogen) atoms. The second kappa shape index (κ2) is 5.23. The van der Waals surface area contributed by atoms with E-state index in [1.54, 1.807) is 11.3 Å².